The first kappa shape index (κ1) is 14.9. The smallest absolute Gasteiger partial charge is 0.204 e. The summed E-state index contributed by atoms with van der Waals surface area (Å²) >= 11 is 0. The van der Waals surface area contributed by atoms with E-state index < -0.39 is 5.41 Å². The van der Waals surface area contributed by atoms with E-state index in [-0.39, 0.29) is 11.6 Å². The lowest BCUT2D eigenvalue weighted by atomic mass is 9.50. The fraction of sp³-hybridized carbons (Fsp3) is 0.600. The van der Waals surface area contributed by atoms with Crippen LogP contribution in [0.1, 0.15) is 56.1 Å². The zero-order valence-electron chi connectivity index (χ0n) is 13.9. The predicted molar refractivity (Wildman–Crippen MR) is 87.6 cm³/mol. The number of ether oxygens (including phenoxy) is 1. The molecule has 1 aromatic carbocycles. The molecule has 1 aromatic rings. The maximum Gasteiger partial charge on any atom is 0.204 e. The van der Waals surface area contributed by atoms with Crippen molar-refractivity contribution in [3.8, 4) is 5.75 Å². The molecule has 0 radical (unpaired) electrons. The Morgan fingerprint density at radius 1 is 1.13 bits per heavy atom. The lowest BCUT2D eigenvalue weighted by Crippen LogP contribution is -2.52. The molecule has 23 heavy (non-hydrogen) atoms. The van der Waals surface area contributed by atoms with E-state index in [0.29, 0.717) is 24.2 Å². The minimum Gasteiger partial charge on any atom is -0.497 e. The highest BCUT2D eigenvalue weighted by Gasteiger charge is 2.55. The van der Waals surface area contributed by atoms with Gasteiger partial charge in [-0.3, -0.25) is 9.59 Å². The number of fused-ring (bicyclic) bond motifs is 5. The predicted octanol–water partition coefficient (Wildman–Crippen LogP) is 3.69. The van der Waals surface area contributed by atoms with Crippen molar-refractivity contribution < 1.29 is 14.3 Å². The van der Waals surface area contributed by atoms with Crippen molar-refractivity contribution in [3.05, 3.63) is 29.3 Å². The Bertz CT molecular complexity index is 677. The molecule has 0 amide bonds. The van der Waals surface area contributed by atoms with Crippen molar-refractivity contribution in [2.45, 2.75) is 51.4 Å². The number of ketones is 2. The molecular weight excluding hydrogens is 288 g/mol. The van der Waals surface area contributed by atoms with Crippen LogP contribution in [-0.4, -0.2) is 18.7 Å². The SMILES string of the molecule is COc1ccc2c(c1)CC[C@@H]1[C@@H]2CC[C@]2(C)C(=O)C(=O)CC[C@@H]12. The monoisotopic (exact) mass is 312 g/mol. The summed E-state index contributed by atoms with van der Waals surface area (Å²) in [4.78, 5) is 24.4. The molecule has 0 unspecified atom stereocenters. The van der Waals surface area contributed by atoms with Crippen LogP contribution in [0, 0.1) is 17.3 Å². The van der Waals surface area contributed by atoms with Crippen LogP contribution < -0.4 is 4.74 Å². The first-order valence-electron chi connectivity index (χ1n) is 8.79. The zero-order chi connectivity index (χ0) is 16.2. The highest BCUT2D eigenvalue weighted by molar-refractivity contribution is 6.39. The Kier molecular flexibility index (Phi) is 3.36. The van der Waals surface area contributed by atoms with Crippen molar-refractivity contribution in [2.75, 3.05) is 7.11 Å². The van der Waals surface area contributed by atoms with Crippen LogP contribution in [0.4, 0.5) is 0 Å². The van der Waals surface area contributed by atoms with Crippen LogP contribution in [0.15, 0.2) is 18.2 Å². The molecule has 3 aliphatic rings. The lowest BCUT2D eigenvalue weighted by molar-refractivity contribution is -0.152. The van der Waals surface area contributed by atoms with Gasteiger partial charge in [-0.1, -0.05) is 13.0 Å². The molecule has 0 spiro atoms. The van der Waals surface area contributed by atoms with Gasteiger partial charge in [0.1, 0.15) is 5.75 Å². The molecular formula is C20H24O3. The molecule has 0 heterocycles. The van der Waals surface area contributed by atoms with E-state index in [1.54, 1.807) is 7.11 Å². The first-order chi connectivity index (χ1) is 11.0. The Morgan fingerprint density at radius 2 is 1.96 bits per heavy atom. The maximum absolute atomic E-state index is 12.5. The number of hydrogen-bond acceptors (Lipinski definition) is 3. The molecule has 0 aromatic heterocycles. The van der Waals surface area contributed by atoms with E-state index in [4.69, 9.17) is 4.74 Å². The molecule has 0 saturated heterocycles. The van der Waals surface area contributed by atoms with Gasteiger partial charge in [-0.25, -0.2) is 0 Å². The van der Waals surface area contributed by atoms with Gasteiger partial charge in [-0.15, -0.1) is 0 Å². The van der Waals surface area contributed by atoms with Crippen LogP contribution in [0.3, 0.4) is 0 Å². The van der Waals surface area contributed by atoms with Crippen molar-refractivity contribution >= 4 is 11.6 Å². The summed E-state index contributed by atoms with van der Waals surface area (Å²) < 4.78 is 5.36. The molecule has 122 valence electrons. The van der Waals surface area contributed by atoms with Crippen LogP contribution in [0.5, 0.6) is 5.75 Å². The average Bonchev–Trinajstić information content (AvgIpc) is 2.57. The standard InChI is InChI=1S/C20H24O3/c1-20-10-9-15-14-6-4-13(23-2)11-12(14)3-5-16(15)17(20)7-8-18(21)19(20)22/h4,6,11,15-17H,3,5,7-10H2,1-2H3/t15-,16-,17+,20+/m1/s1. The van der Waals surface area contributed by atoms with E-state index in [0.717, 1.165) is 37.9 Å². The van der Waals surface area contributed by atoms with E-state index in [1.807, 2.05) is 0 Å². The van der Waals surface area contributed by atoms with Crippen LogP contribution >= 0.6 is 0 Å². The summed E-state index contributed by atoms with van der Waals surface area (Å²) in [5.41, 5.74) is 2.46. The highest BCUT2D eigenvalue weighted by atomic mass is 16.5. The van der Waals surface area contributed by atoms with Gasteiger partial charge >= 0.3 is 0 Å². The molecule has 2 fully saturated rings. The molecule has 0 bridgehead atoms. The van der Waals surface area contributed by atoms with Crippen molar-refractivity contribution in [3.63, 3.8) is 0 Å². The number of hydrogen-bond donors (Lipinski definition) is 0. The van der Waals surface area contributed by atoms with Gasteiger partial charge in [0.25, 0.3) is 0 Å². The summed E-state index contributed by atoms with van der Waals surface area (Å²) in [5.74, 6) is 2.18. The number of carbonyl (C=O) groups is 2. The summed E-state index contributed by atoms with van der Waals surface area (Å²) in [6.07, 6.45) is 5.42. The Balaban J connectivity index is 1.69. The van der Waals surface area contributed by atoms with Crippen LogP contribution in [-0.2, 0) is 16.0 Å². The third kappa shape index (κ3) is 2.09. The molecule has 2 saturated carbocycles. The van der Waals surface area contributed by atoms with Gasteiger partial charge in [-0.2, -0.15) is 0 Å². The minimum absolute atomic E-state index is 0.0901. The second kappa shape index (κ2) is 5.19. The van der Waals surface area contributed by atoms with E-state index >= 15 is 0 Å². The number of aryl methyl sites for hydroxylation is 1. The van der Waals surface area contributed by atoms with Gasteiger partial charge in [0, 0.05) is 11.8 Å². The van der Waals surface area contributed by atoms with Crippen molar-refractivity contribution in [1.29, 1.82) is 0 Å². The number of methoxy groups -OCH3 is 1. The quantitative estimate of drug-likeness (QED) is 0.743. The molecule has 0 aliphatic heterocycles. The summed E-state index contributed by atoms with van der Waals surface area (Å²) in [6, 6.07) is 6.46. The van der Waals surface area contributed by atoms with Crippen LogP contribution in [0.25, 0.3) is 0 Å². The van der Waals surface area contributed by atoms with Gasteiger partial charge in [0.05, 0.1) is 7.11 Å². The molecule has 3 heteroatoms. The summed E-state index contributed by atoms with van der Waals surface area (Å²) in [7, 11) is 1.71. The van der Waals surface area contributed by atoms with Crippen LogP contribution in [0.2, 0.25) is 0 Å². The minimum atomic E-state index is -0.402. The molecule has 4 rings (SSSR count). The van der Waals surface area contributed by atoms with Gasteiger partial charge in [0.2, 0.25) is 5.78 Å². The molecule has 3 aliphatic carbocycles. The van der Waals surface area contributed by atoms with E-state index in [2.05, 4.69) is 25.1 Å². The maximum atomic E-state index is 12.5. The summed E-state index contributed by atoms with van der Waals surface area (Å²) in [6.45, 7) is 2.05. The fourth-order valence-corrected chi connectivity index (χ4v) is 5.54. The average molecular weight is 312 g/mol. The number of benzene rings is 1. The third-order valence-corrected chi connectivity index (χ3v) is 6.78. The highest BCUT2D eigenvalue weighted by Crippen LogP contribution is 2.58. The lowest BCUT2D eigenvalue weighted by Gasteiger charge is -2.52. The molecule has 4 atom stereocenters. The third-order valence-electron chi connectivity index (χ3n) is 6.78. The van der Waals surface area contributed by atoms with Gasteiger partial charge in [0.15, 0.2) is 5.78 Å². The molecule has 0 N–H and O–H groups in total. The Labute approximate surface area is 137 Å². The number of carbonyl (C=O) groups excluding carboxylic acids is 2. The van der Waals surface area contributed by atoms with Gasteiger partial charge < -0.3 is 4.74 Å². The first-order valence-corrected chi connectivity index (χ1v) is 8.79. The topological polar surface area (TPSA) is 43.4 Å². The largest absolute Gasteiger partial charge is 0.497 e. The normalized spacial score (nSPS) is 36.0. The molecule has 3 nitrogen and oxygen atoms in total. The number of rotatable bonds is 1. The Hall–Kier alpha value is -1.64. The Morgan fingerprint density at radius 3 is 2.74 bits per heavy atom. The number of Topliss-reactive ketones (excluding diaryl/α,β-unsaturated/α-hetero) is 2. The van der Waals surface area contributed by atoms with E-state index in [1.165, 1.54) is 11.1 Å². The zero-order valence-corrected chi connectivity index (χ0v) is 13.9. The van der Waals surface area contributed by atoms with Crippen molar-refractivity contribution in [2.24, 2.45) is 17.3 Å². The van der Waals surface area contributed by atoms with Crippen molar-refractivity contribution in [1.82, 2.24) is 0 Å². The second-order valence-corrected chi connectivity index (χ2v) is 7.73. The van der Waals surface area contributed by atoms with Gasteiger partial charge in [-0.05, 0) is 73.1 Å². The fourth-order valence-electron chi connectivity index (χ4n) is 5.54. The van der Waals surface area contributed by atoms with E-state index in [9.17, 15) is 9.59 Å². The summed E-state index contributed by atoms with van der Waals surface area (Å²) in [5, 5.41) is 0. The second-order valence-electron chi connectivity index (χ2n) is 7.73.